The summed E-state index contributed by atoms with van der Waals surface area (Å²) in [7, 11) is 0. The number of hydrogen-bond acceptors (Lipinski definition) is 6. The van der Waals surface area contributed by atoms with Gasteiger partial charge in [0.15, 0.2) is 5.78 Å². The Morgan fingerprint density at radius 3 is 2.83 bits per heavy atom. The van der Waals surface area contributed by atoms with E-state index in [0.717, 1.165) is 10.4 Å². The molecule has 0 aliphatic heterocycles. The molecule has 4 nitrogen and oxygen atoms in total. The molecule has 0 saturated heterocycles. The molecule has 24 heavy (non-hydrogen) atoms. The van der Waals surface area contributed by atoms with Gasteiger partial charge in [0.1, 0.15) is 4.83 Å². The summed E-state index contributed by atoms with van der Waals surface area (Å²) in [5.74, 6) is -0.0722. The molecule has 0 unspecified atom stereocenters. The van der Waals surface area contributed by atoms with Crippen LogP contribution in [0.4, 0.5) is 0 Å². The Balaban J connectivity index is 1.80. The first kappa shape index (κ1) is 15.4. The molecular weight excluding hydrogens is 360 g/mol. The third-order valence-electron chi connectivity index (χ3n) is 3.68. The van der Waals surface area contributed by atoms with Crippen molar-refractivity contribution in [1.82, 2.24) is 9.55 Å². The molecule has 120 valence electrons. The van der Waals surface area contributed by atoms with Gasteiger partial charge in [-0.2, -0.15) is 0 Å². The van der Waals surface area contributed by atoms with Gasteiger partial charge in [-0.3, -0.25) is 14.2 Å². The summed E-state index contributed by atoms with van der Waals surface area (Å²) in [6.07, 6.45) is 1.47. The van der Waals surface area contributed by atoms with Crippen molar-refractivity contribution in [2.45, 2.75) is 13.5 Å². The second kappa shape index (κ2) is 6.08. The molecule has 0 spiro atoms. The number of fused-ring (bicyclic) bond motifs is 1. The summed E-state index contributed by atoms with van der Waals surface area (Å²) >= 11 is 4.49. The summed E-state index contributed by atoms with van der Waals surface area (Å²) in [5.41, 5.74) is 0.746. The van der Waals surface area contributed by atoms with Crippen molar-refractivity contribution in [2.24, 2.45) is 0 Å². The quantitative estimate of drug-likeness (QED) is 0.498. The van der Waals surface area contributed by atoms with Gasteiger partial charge in [-0.25, -0.2) is 4.98 Å². The number of thiophene rings is 3. The van der Waals surface area contributed by atoms with Crippen LogP contribution in [0.2, 0.25) is 0 Å². The van der Waals surface area contributed by atoms with E-state index >= 15 is 0 Å². The zero-order valence-corrected chi connectivity index (χ0v) is 15.1. The molecule has 0 bridgehead atoms. The highest BCUT2D eigenvalue weighted by Gasteiger charge is 2.16. The van der Waals surface area contributed by atoms with Crippen molar-refractivity contribution in [1.29, 1.82) is 0 Å². The van der Waals surface area contributed by atoms with Crippen molar-refractivity contribution >= 4 is 50.0 Å². The predicted molar refractivity (Wildman–Crippen MR) is 101 cm³/mol. The highest BCUT2D eigenvalue weighted by molar-refractivity contribution is 7.19. The van der Waals surface area contributed by atoms with Crippen LogP contribution >= 0.6 is 34.0 Å². The number of carbonyl (C=O) groups excluding carboxylic acids is 1. The minimum atomic E-state index is -0.160. The summed E-state index contributed by atoms with van der Waals surface area (Å²) in [4.78, 5) is 33.1. The topological polar surface area (TPSA) is 52.0 Å². The third-order valence-corrected chi connectivity index (χ3v) is 6.51. The zero-order chi connectivity index (χ0) is 16.7. The molecule has 0 aliphatic rings. The van der Waals surface area contributed by atoms with Crippen LogP contribution in [-0.2, 0) is 6.54 Å². The van der Waals surface area contributed by atoms with E-state index in [-0.39, 0.29) is 17.9 Å². The number of aryl methyl sites for hydroxylation is 1. The molecule has 0 amide bonds. The van der Waals surface area contributed by atoms with Crippen LogP contribution in [0.1, 0.15) is 14.5 Å². The fourth-order valence-electron chi connectivity index (χ4n) is 2.51. The summed E-state index contributed by atoms with van der Waals surface area (Å²) in [6, 6.07) is 7.67. The van der Waals surface area contributed by atoms with Crippen molar-refractivity contribution in [3.05, 3.63) is 61.5 Å². The van der Waals surface area contributed by atoms with Crippen LogP contribution < -0.4 is 5.56 Å². The number of hydrogen-bond donors (Lipinski definition) is 0. The van der Waals surface area contributed by atoms with Gasteiger partial charge in [0.05, 0.1) is 23.1 Å². The van der Waals surface area contributed by atoms with Gasteiger partial charge in [-0.15, -0.1) is 34.0 Å². The molecule has 0 saturated carbocycles. The molecule has 0 atom stereocenters. The number of aromatic nitrogens is 2. The average Bonchev–Trinajstić information content (AvgIpc) is 3.29. The molecular formula is C17H12N2O2S3. The minimum absolute atomic E-state index is 0.0149. The van der Waals surface area contributed by atoms with Gasteiger partial charge < -0.3 is 0 Å². The van der Waals surface area contributed by atoms with E-state index in [1.165, 1.54) is 38.4 Å². The smallest absolute Gasteiger partial charge is 0.263 e. The van der Waals surface area contributed by atoms with E-state index in [2.05, 4.69) is 4.98 Å². The number of nitrogens with zero attached hydrogens (tertiary/aromatic N) is 2. The third kappa shape index (κ3) is 2.64. The molecule has 0 aromatic carbocycles. The lowest BCUT2D eigenvalue weighted by atomic mass is 10.2. The second-order valence-corrected chi connectivity index (χ2v) is 8.41. The van der Waals surface area contributed by atoms with Crippen LogP contribution in [0, 0.1) is 6.92 Å². The van der Waals surface area contributed by atoms with Crippen molar-refractivity contribution in [3.8, 4) is 10.4 Å². The molecule has 0 N–H and O–H groups in total. The van der Waals surface area contributed by atoms with E-state index in [1.54, 1.807) is 17.4 Å². The lowest BCUT2D eigenvalue weighted by molar-refractivity contribution is 0.0974. The van der Waals surface area contributed by atoms with E-state index in [0.29, 0.717) is 15.1 Å². The average molecular weight is 372 g/mol. The standard InChI is InChI=1S/C17H12N2O2S3/c1-10-4-5-13(24-10)11-8-23-16-15(11)17(21)19(9-18-16)7-12(20)14-3-2-6-22-14/h2-6,8-9H,7H2,1H3. The summed E-state index contributed by atoms with van der Waals surface area (Å²) < 4.78 is 1.40. The van der Waals surface area contributed by atoms with Crippen LogP contribution in [0.5, 0.6) is 0 Å². The van der Waals surface area contributed by atoms with Gasteiger partial charge in [-0.05, 0) is 30.5 Å². The second-order valence-electron chi connectivity index (χ2n) is 5.32. The zero-order valence-electron chi connectivity index (χ0n) is 12.7. The molecule has 4 aromatic heterocycles. The maximum absolute atomic E-state index is 12.9. The van der Waals surface area contributed by atoms with Crippen molar-refractivity contribution in [2.75, 3.05) is 0 Å². The molecule has 4 rings (SSSR count). The first-order valence-electron chi connectivity index (χ1n) is 7.23. The van der Waals surface area contributed by atoms with Gasteiger partial charge >= 0.3 is 0 Å². The summed E-state index contributed by atoms with van der Waals surface area (Å²) in [6.45, 7) is 2.06. The van der Waals surface area contributed by atoms with E-state index < -0.39 is 0 Å². The summed E-state index contributed by atoms with van der Waals surface area (Å²) in [5, 5.41) is 4.42. The Bertz CT molecular complexity index is 1090. The maximum Gasteiger partial charge on any atom is 0.263 e. The van der Waals surface area contributed by atoms with Crippen molar-refractivity contribution < 1.29 is 4.79 Å². The Hall–Kier alpha value is -2.09. The number of ketones is 1. The highest BCUT2D eigenvalue weighted by atomic mass is 32.1. The first-order valence-corrected chi connectivity index (χ1v) is 9.81. The largest absolute Gasteiger partial charge is 0.291 e. The SMILES string of the molecule is Cc1ccc(-c2csc3ncn(CC(=O)c4cccs4)c(=O)c23)s1. The lowest BCUT2D eigenvalue weighted by Crippen LogP contribution is -2.24. The molecule has 0 aliphatic carbocycles. The fourth-order valence-corrected chi connectivity index (χ4v) is 5.03. The van der Waals surface area contributed by atoms with Gasteiger partial charge in [0, 0.05) is 20.7 Å². The van der Waals surface area contributed by atoms with Gasteiger partial charge in [0.2, 0.25) is 0 Å². The first-order chi connectivity index (χ1) is 11.6. The Morgan fingerprint density at radius 2 is 2.12 bits per heavy atom. The molecule has 0 fully saturated rings. The molecule has 4 aromatic rings. The maximum atomic E-state index is 12.9. The van der Waals surface area contributed by atoms with Crippen LogP contribution in [0.3, 0.4) is 0 Å². The van der Waals surface area contributed by atoms with E-state index in [1.807, 2.05) is 35.9 Å². The van der Waals surface area contributed by atoms with Gasteiger partial charge in [-0.1, -0.05) is 6.07 Å². The monoisotopic (exact) mass is 372 g/mol. The normalized spacial score (nSPS) is 11.2. The Labute approximate surface area is 149 Å². The fraction of sp³-hybridized carbons (Fsp3) is 0.118. The predicted octanol–water partition coefficient (Wildman–Crippen LogP) is 4.44. The number of Topliss-reactive ketones (excluding diaryl/α,β-unsaturated/α-hetero) is 1. The molecule has 7 heteroatoms. The van der Waals surface area contributed by atoms with E-state index in [9.17, 15) is 9.59 Å². The molecule has 0 radical (unpaired) electrons. The van der Waals surface area contributed by atoms with Crippen LogP contribution in [0.25, 0.3) is 20.7 Å². The number of rotatable bonds is 4. The van der Waals surface area contributed by atoms with Crippen LogP contribution in [0.15, 0.2) is 46.1 Å². The molecule has 4 heterocycles. The number of carbonyl (C=O) groups is 1. The highest BCUT2D eigenvalue weighted by Crippen LogP contribution is 2.34. The Morgan fingerprint density at radius 1 is 1.25 bits per heavy atom. The minimum Gasteiger partial charge on any atom is -0.291 e. The van der Waals surface area contributed by atoms with Gasteiger partial charge in [0.25, 0.3) is 5.56 Å². The Kier molecular flexibility index (Phi) is 3.91. The lowest BCUT2D eigenvalue weighted by Gasteiger charge is -2.04. The van der Waals surface area contributed by atoms with Crippen molar-refractivity contribution in [3.63, 3.8) is 0 Å². The van der Waals surface area contributed by atoms with Crippen LogP contribution in [-0.4, -0.2) is 15.3 Å². The van der Waals surface area contributed by atoms with E-state index in [4.69, 9.17) is 0 Å².